The van der Waals surface area contributed by atoms with Crippen LogP contribution in [0, 0.1) is 27.7 Å². The topological polar surface area (TPSA) is 107 Å². The number of aromatic nitrogens is 3. The van der Waals surface area contributed by atoms with Gasteiger partial charge in [-0.2, -0.15) is 0 Å². The molecule has 1 aromatic carbocycles. The first-order valence-corrected chi connectivity index (χ1v) is 10.4. The minimum atomic E-state index is -0.435. The third-order valence-corrected chi connectivity index (χ3v) is 5.36. The van der Waals surface area contributed by atoms with Crippen molar-refractivity contribution in [2.45, 2.75) is 40.5 Å². The Kier molecular flexibility index (Phi) is 6.97. The van der Waals surface area contributed by atoms with Crippen molar-refractivity contribution >= 4 is 22.8 Å². The highest BCUT2D eigenvalue weighted by Gasteiger charge is 2.18. The van der Waals surface area contributed by atoms with Gasteiger partial charge in [0.15, 0.2) is 12.3 Å². The van der Waals surface area contributed by atoms with Crippen LogP contribution in [0.1, 0.15) is 34.4 Å². The molecule has 0 aliphatic rings. The maximum atomic E-state index is 12.3. The summed E-state index contributed by atoms with van der Waals surface area (Å²) in [4.78, 5) is 28.9. The molecule has 0 aliphatic heterocycles. The highest BCUT2D eigenvalue weighted by molar-refractivity contribution is 5.87. The van der Waals surface area contributed by atoms with Gasteiger partial charge in [0.2, 0.25) is 11.8 Å². The van der Waals surface area contributed by atoms with Crippen molar-refractivity contribution < 1.29 is 19.1 Å². The number of hydrogen-bond acceptors (Lipinski definition) is 6. The zero-order valence-electron chi connectivity index (χ0n) is 19.3. The summed E-state index contributed by atoms with van der Waals surface area (Å²) >= 11 is 0. The lowest BCUT2D eigenvalue weighted by molar-refractivity contribution is -0.130. The van der Waals surface area contributed by atoms with Crippen LogP contribution in [0.4, 0.5) is 0 Å². The highest BCUT2D eigenvalue weighted by atomic mass is 16.5. The molecule has 2 aromatic heterocycles. The molecule has 2 amide bonds. The number of benzene rings is 1. The number of ether oxygens (including phenoxy) is 2. The molecular weight excluding hydrogens is 410 g/mol. The minimum absolute atomic E-state index is 0.190. The number of hydrazine groups is 1. The second-order valence-electron chi connectivity index (χ2n) is 7.79. The molecule has 2 heterocycles. The van der Waals surface area contributed by atoms with Crippen molar-refractivity contribution in [3.05, 3.63) is 46.1 Å². The standard InChI is InChI=1S/C23H29N5O4/c1-13-7-8-14(2)18(11-13)32-12-20(30)26-25-19(29)10-9-17-15(3)21-22(24-16(17)4)28(5)27-23(21)31-6/h7-8,11H,9-10,12H2,1-6H3,(H,25,29)(H,26,30). The fourth-order valence-corrected chi connectivity index (χ4v) is 3.59. The summed E-state index contributed by atoms with van der Waals surface area (Å²) < 4.78 is 12.6. The van der Waals surface area contributed by atoms with Crippen LogP contribution < -0.4 is 20.3 Å². The van der Waals surface area contributed by atoms with Crippen molar-refractivity contribution in [2.24, 2.45) is 7.05 Å². The van der Waals surface area contributed by atoms with Gasteiger partial charge in [0.05, 0.1) is 12.5 Å². The second-order valence-corrected chi connectivity index (χ2v) is 7.79. The molecule has 0 radical (unpaired) electrons. The largest absolute Gasteiger partial charge is 0.483 e. The lowest BCUT2D eigenvalue weighted by atomic mass is 10.00. The molecule has 9 nitrogen and oxygen atoms in total. The van der Waals surface area contributed by atoms with Gasteiger partial charge >= 0.3 is 0 Å². The zero-order chi connectivity index (χ0) is 23.4. The number of carbonyl (C=O) groups excluding carboxylic acids is 2. The molecule has 3 rings (SSSR count). The average molecular weight is 440 g/mol. The molecule has 0 saturated carbocycles. The van der Waals surface area contributed by atoms with Crippen molar-refractivity contribution in [1.82, 2.24) is 25.6 Å². The Morgan fingerprint density at radius 2 is 1.81 bits per heavy atom. The summed E-state index contributed by atoms with van der Waals surface area (Å²) in [5.74, 6) is 0.414. The number of nitrogens with one attached hydrogen (secondary N) is 2. The summed E-state index contributed by atoms with van der Waals surface area (Å²) in [5.41, 5.74) is 10.3. The number of aryl methyl sites for hydroxylation is 5. The predicted molar refractivity (Wildman–Crippen MR) is 121 cm³/mol. The maximum absolute atomic E-state index is 12.3. The van der Waals surface area contributed by atoms with E-state index in [9.17, 15) is 9.59 Å². The van der Waals surface area contributed by atoms with Gasteiger partial charge in [0.1, 0.15) is 5.75 Å². The van der Waals surface area contributed by atoms with E-state index in [0.29, 0.717) is 18.1 Å². The Morgan fingerprint density at radius 1 is 1.09 bits per heavy atom. The summed E-state index contributed by atoms with van der Waals surface area (Å²) in [6.07, 6.45) is 0.662. The molecule has 2 N–H and O–H groups in total. The van der Waals surface area contributed by atoms with Crippen molar-refractivity contribution in [1.29, 1.82) is 0 Å². The van der Waals surface area contributed by atoms with Crippen LogP contribution >= 0.6 is 0 Å². The fraction of sp³-hybridized carbons (Fsp3) is 0.391. The van der Waals surface area contributed by atoms with E-state index in [4.69, 9.17) is 9.47 Å². The van der Waals surface area contributed by atoms with Gasteiger partial charge in [-0.3, -0.25) is 20.4 Å². The van der Waals surface area contributed by atoms with Crippen molar-refractivity contribution in [3.8, 4) is 11.6 Å². The number of amides is 2. The van der Waals surface area contributed by atoms with Crippen LogP contribution in [0.2, 0.25) is 0 Å². The van der Waals surface area contributed by atoms with Crippen molar-refractivity contribution in [2.75, 3.05) is 13.7 Å². The number of hydrogen-bond donors (Lipinski definition) is 2. The van der Waals surface area contributed by atoms with Gasteiger partial charge in [-0.05, 0) is 62.4 Å². The molecule has 0 spiro atoms. The smallest absolute Gasteiger partial charge is 0.276 e. The van der Waals surface area contributed by atoms with E-state index in [1.807, 2.05) is 52.9 Å². The zero-order valence-corrected chi connectivity index (χ0v) is 19.3. The lowest BCUT2D eigenvalue weighted by Gasteiger charge is -2.12. The number of nitrogens with zero attached hydrogens (tertiary/aromatic N) is 3. The lowest BCUT2D eigenvalue weighted by Crippen LogP contribution is -2.44. The molecular formula is C23H29N5O4. The van der Waals surface area contributed by atoms with E-state index >= 15 is 0 Å². The molecule has 9 heteroatoms. The monoisotopic (exact) mass is 439 g/mol. The van der Waals surface area contributed by atoms with Gasteiger partial charge in [-0.25, -0.2) is 9.67 Å². The predicted octanol–water partition coefficient (Wildman–Crippen LogP) is 2.37. The van der Waals surface area contributed by atoms with Gasteiger partial charge in [-0.1, -0.05) is 12.1 Å². The Labute approximate surface area is 187 Å². The second kappa shape index (κ2) is 9.67. The Bertz CT molecular complexity index is 1170. The average Bonchev–Trinajstić information content (AvgIpc) is 3.08. The summed E-state index contributed by atoms with van der Waals surface area (Å²) in [6, 6.07) is 5.78. The normalized spacial score (nSPS) is 10.8. The summed E-state index contributed by atoms with van der Waals surface area (Å²) in [6.45, 7) is 7.55. The Hall–Kier alpha value is -3.62. The maximum Gasteiger partial charge on any atom is 0.276 e. The van der Waals surface area contributed by atoms with E-state index in [2.05, 4.69) is 20.9 Å². The Morgan fingerprint density at radius 3 is 2.53 bits per heavy atom. The van der Waals surface area contributed by atoms with Crippen molar-refractivity contribution in [3.63, 3.8) is 0 Å². The third kappa shape index (κ3) is 4.99. The molecule has 0 saturated heterocycles. The molecule has 0 fully saturated rings. The molecule has 0 unspecified atom stereocenters. The number of pyridine rings is 1. The number of carbonyl (C=O) groups is 2. The molecule has 0 bridgehead atoms. The highest BCUT2D eigenvalue weighted by Crippen LogP contribution is 2.30. The number of methoxy groups -OCH3 is 1. The van der Waals surface area contributed by atoms with Crippen LogP contribution in [0.3, 0.4) is 0 Å². The molecule has 170 valence electrons. The van der Waals surface area contributed by atoms with Crippen LogP contribution in [-0.4, -0.2) is 40.3 Å². The van der Waals surface area contributed by atoms with Crippen LogP contribution in [0.15, 0.2) is 18.2 Å². The van der Waals surface area contributed by atoms with Crippen LogP contribution in [0.5, 0.6) is 11.6 Å². The van der Waals surface area contributed by atoms with E-state index < -0.39 is 5.91 Å². The van der Waals surface area contributed by atoms with E-state index in [1.54, 1.807) is 11.8 Å². The number of rotatable bonds is 7. The quantitative estimate of drug-likeness (QED) is 0.548. The van der Waals surface area contributed by atoms with Gasteiger partial charge in [0.25, 0.3) is 5.91 Å². The molecule has 0 aliphatic carbocycles. The van der Waals surface area contributed by atoms with Gasteiger partial charge in [0, 0.05) is 19.2 Å². The first-order chi connectivity index (χ1) is 15.2. The Balaban J connectivity index is 1.55. The molecule has 32 heavy (non-hydrogen) atoms. The summed E-state index contributed by atoms with van der Waals surface area (Å²) in [7, 11) is 3.39. The fourth-order valence-electron chi connectivity index (χ4n) is 3.59. The van der Waals surface area contributed by atoms with E-state index in [0.717, 1.165) is 39.0 Å². The minimum Gasteiger partial charge on any atom is -0.483 e. The third-order valence-electron chi connectivity index (χ3n) is 5.36. The van der Waals surface area contributed by atoms with Crippen LogP contribution in [0.25, 0.3) is 11.0 Å². The molecule has 3 aromatic rings. The van der Waals surface area contributed by atoms with Crippen LogP contribution in [-0.2, 0) is 23.1 Å². The first-order valence-electron chi connectivity index (χ1n) is 10.4. The number of fused-ring (bicyclic) bond motifs is 1. The van der Waals surface area contributed by atoms with Gasteiger partial charge < -0.3 is 9.47 Å². The SMILES string of the molecule is COc1nn(C)c2nc(C)c(CCC(=O)NNC(=O)COc3cc(C)ccc3C)c(C)c12. The van der Waals surface area contributed by atoms with E-state index in [1.165, 1.54) is 0 Å². The van der Waals surface area contributed by atoms with E-state index in [-0.39, 0.29) is 18.9 Å². The summed E-state index contributed by atoms with van der Waals surface area (Å²) in [5, 5.41) is 5.18. The first kappa shape index (κ1) is 23.1. The molecule has 0 atom stereocenters. The van der Waals surface area contributed by atoms with Gasteiger partial charge in [-0.15, -0.1) is 5.10 Å².